The van der Waals surface area contributed by atoms with Gasteiger partial charge in [0.05, 0.1) is 6.42 Å². The number of aldehydes is 1. The van der Waals surface area contributed by atoms with Crippen LogP contribution in [0.15, 0.2) is 18.2 Å². The number of Topliss-reactive ketones (excluding diaryl/α,β-unsaturated/α-hetero) is 1. The summed E-state index contributed by atoms with van der Waals surface area (Å²) in [6.07, 6.45) is 1.01. The molecule has 0 bridgehead atoms. The van der Waals surface area contributed by atoms with Crippen molar-refractivity contribution in [2.75, 3.05) is 0 Å². The molecule has 0 unspecified atom stereocenters. The van der Waals surface area contributed by atoms with Gasteiger partial charge in [0, 0.05) is 11.1 Å². The van der Waals surface area contributed by atoms with Crippen LogP contribution in [0.5, 0.6) is 0 Å². The maximum atomic E-state index is 11.1. The highest BCUT2D eigenvalue weighted by Crippen LogP contribution is 2.10. The van der Waals surface area contributed by atoms with Crippen molar-refractivity contribution >= 4 is 12.1 Å². The lowest BCUT2D eigenvalue weighted by Gasteiger charge is -2.00. The molecule has 2 nitrogen and oxygen atoms in total. The monoisotopic (exact) mass is 200 g/mol. The first kappa shape index (κ1) is 11.2. The largest absolute Gasteiger partial charge is 0.302 e. The minimum Gasteiger partial charge on any atom is -0.302 e. The van der Waals surface area contributed by atoms with E-state index in [1.807, 2.05) is 19.1 Å². The van der Waals surface area contributed by atoms with Gasteiger partial charge in [-0.05, 0) is 31.5 Å². The Morgan fingerprint density at radius 1 is 1.47 bits per heavy atom. The summed E-state index contributed by atoms with van der Waals surface area (Å²) in [7, 11) is 0. The number of carbonyl (C=O) groups excluding carboxylic acids is 2. The third-order valence-electron chi connectivity index (χ3n) is 2.04. The van der Waals surface area contributed by atoms with Crippen LogP contribution in [0.25, 0.3) is 0 Å². The Morgan fingerprint density at radius 2 is 2.20 bits per heavy atom. The summed E-state index contributed by atoms with van der Waals surface area (Å²) in [5.41, 5.74) is 2.51. The van der Waals surface area contributed by atoms with E-state index in [-0.39, 0.29) is 12.2 Å². The molecule has 0 spiro atoms. The Morgan fingerprint density at radius 3 is 2.73 bits per heavy atom. The third-order valence-corrected chi connectivity index (χ3v) is 2.04. The summed E-state index contributed by atoms with van der Waals surface area (Å²) in [5.74, 6) is 5.67. The van der Waals surface area contributed by atoms with Crippen LogP contribution in [0.3, 0.4) is 0 Å². The fraction of sp³-hybridized carbons (Fsp3) is 0.231. The zero-order valence-electron chi connectivity index (χ0n) is 8.83. The molecule has 0 aliphatic heterocycles. The summed E-state index contributed by atoms with van der Waals surface area (Å²) in [6.45, 7) is 3.43. The summed E-state index contributed by atoms with van der Waals surface area (Å²) in [5, 5.41) is 0. The van der Waals surface area contributed by atoms with Crippen LogP contribution in [-0.2, 0) is 4.79 Å². The molecule has 0 aliphatic rings. The second kappa shape index (κ2) is 5.11. The van der Waals surface area contributed by atoms with Crippen LogP contribution < -0.4 is 0 Å². The number of ketones is 1. The normalized spacial score (nSPS) is 8.93. The lowest BCUT2D eigenvalue weighted by Crippen LogP contribution is -1.93. The zero-order valence-corrected chi connectivity index (χ0v) is 8.83. The topological polar surface area (TPSA) is 34.1 Å². The molecule has 0 fully saturated rings. The lowest BCUT2D eigenvalue weighted by molar-refractivity contribution is -0.107. The van der Waals surface area contributed by atoms with Gasteiger partial charge < -0.3 is 4.79 Å². The number of aryl methyl sites for hydroxylation is 1. The van der Waals surface area contributed by atoms with E-state index in [2.05, 4.69) is 11.8 Å². The SMILES string of the molecule is CC(=O)c1ccc(C#CCC=O)c(C)c1. The van der Waals surface area contributed by atoms with Gasteiger partial charge in [-0.3, -0.25) is 4.79 Å². The Hall–Kier alpha value is -1.88. The average Bonchev–Trinajstić information content (AvgIpc) is 2.20. The predicted octanol–water partition coefficient (Wildman–Crippen LogP) is 2.14. The van der Waals surface area contributed by atoms with Crippen molar-refractivity contribution in [3.8, 4) is 11.8 Å². The Bertz CT molecular complexity index is 447. The fourth-order valence-corrected chi connectivity index (χ4v) is 1.21. The van der Waals surface area contributed by atoms with E-state index in [9.17, 15) is 9.59 Å². The molecule has 2 heteroatoms. The van der Waals surface area contributed by atoms with Crippen molar-refractivity contribution in [2.24, 2.45) is 0 Å². The highest BCUT2D eigenvalue weighted by molar-refractivity contribution is 5.94. The molecule has 1 aromatic rings. The maximum absolute atomic E-state index is 11.1. The molecule has 0 atom stereocenters. The van der Waals surface area contributed by atoms with Gasteiger partial charge in [-0.1, -0.05) is 17.9 Å². The second-order valence-corrected chi connectivity index (χ2v) is 3.26. The lowest BCUT2D eigenvalue weighted by atomic mass is 10.0. The molecule has 0 amide bonds. The van der Waals surface area contributed by atoms with Crippen molar-refractivity contribution in [3.05, 3.63) is 34.9 Å². The molecule has 0 saturated heterocycles. The molecular formula is C13H12O2. The van der Waals surface area contributed by atoms with E-state index in [1.165, 1.54) is 6.92 Å². The highest BCUT2D eigenvalue weighted by atomic mass is 16.1. The van der Waals surface area contributed by atoms with Crippen LogP contribution in [0.1, 0.15) is 34.8 Å². The van der Waals surface area contributed by atoms with Gasteiger partial charge >= 0.3 is 0 Å². The number of rotatable bonds is 2. The third kappa shape index (κ3) is 3.07. The molecule has 0 saturated carbocycles. The van der Waals surface area contributed by atoms with Gasteiger partial charge in [0.1, 0.15) is 6.29 Å². The van der Waals surface area contributed by atoms with Gasteiger partial charge in [-0.2, -0.15) is 0 Å². The first-order valence-corrected chi connectivity index (χ1v) is 4.69. The van der Waals surface area contributed by atoms with E-state index >= 15 is 0 Å². The van der Waals surface area contributed by atoms with Crippen LogP contribution in [0.2, 0.25) is 0 Å². The van der Waals surface area contributed by atoms with Gasteiger partial charge in [-0.25, -0.2) is 0 Å². The van der Waals surface area contributed by atoms with E-state index < -0.39 is 0 Å². The molecule has 1 aromatic carbocycles. The smallest absolute Gasteiger partial charge is 0.159 e. The van der Waals surface area contributed by atoms with Crippen LogP contribution >= 0.6 is 0 Å². The molecule has 76 valence electrons. The van der Waals surface area contributed by atoms with Gasteiger partial charge in [-0.15, -0.1) is 0 Å². The van der Waals surface area contributed by atoms with Gasteiger partial charge in [0.2, 0.25) is 0 Å². The number of hydrogen-bond acceptors (Lipinski definition) is 2. The van der Waals surface area contributed by atoms with Crippen LogP contribution in [-0.4, -0.2) is 12.1 Å². The van der Waals surface area contributed by atoms with Crippen molar-refractivity contribution in [1.29, 1.82) is 0 Å². The maximum Gasteiger partial charge on any atom is 0.159 e. The van der Waals surface area contributed by atoms with Crippen molar-refractivity contribution < 1.29 is 9.59 Å². The quantitative estimate of drug-likeness (QED) is 0.416. The van der Waals surface area contributed by atoms with E-state index in [0.717, 1.165) is 17.4 Å². The Labute approximate surface area is 89.3 Å². The number of carbonyl (C=O) groups is 2. The molecule has 1 rings (SSSR count). The van der Waals surface area contributed by atoms with Crippen molar-refractivity contribution in [3.63, 3.8) is 0 Å². The summed E-state index contributed by atoms with van der Waals surface area (Å²) >= 11 is 0. The highest BCUT2D eigenvalue weighted by Gasteiger charge is 2.01. The Balaban J connectivity index is 2.99. The standard InChI is InChI=1S/C13H12O2/c1-10-9-13(11(2)15)7-6-12(10)5-3-4-8-14/h6-9H,4H2,1-2H3. The molecule has 0 aliphatic carbocycles. The van der Waals surface area contributed by atoms with Gasteiger partial charge in [0.25, 0.3) is 0 Å². The second-order valence-electron chi connectivity index (χ2n) is 3.26. The molecule has 0 N–H and O–H groups in total. The molecule has 0 heterocycles. The summed E-state index contributed by atoms with van der Waals surface area (Å²) in [4.78, 5) is 21.2. The summed E-state index contributed by atoms with van der Waals surface area (Å²) in [6, 6.07) is 5.37. The molecule has 15 heavy (non-hydrogen) atoms. The molecule has 0 radical (unpaired) electrons. The van der Waals surface area contributed by atoms with E-state index in [0.29, 0.717) is 5.56 Å². The van der Waals surface area contributed by atoms with Crippen molar-refractivity contribution in [2.45, 2.75) is 20.3 Å². The minimum atomic E-state index is 0.0468. The molecule has 0 aromatic heterocycles. The Kier molecular flexibility index (Phi) is 3.82. The van der Waals surface area contributed by atoms with Crippen molar-refractivity contribution in [1.82, 2.24) is 0 Å². The van der Waals surface area contributed by atoms with Crippen LogP contribution in [0, 0.1) is 18.8 Å². The molecular weight excluding hydrogens is 188 g/mol. The fourth-order valence-electron chi connectivity index (χ4n) is 1.21. The number of benzene rings is 1. The van der Waals surface area contributed by atoms with E-state index in [1.54, 1.807) is 6.07 Å². The summed E-state index contributed by atoms with van der Waals surface area (Å²) < 4.78 is 0. The van der Waals surface area contributed by atoms with E-state index in [4.69, 9.17) is 0 Å². The average molecular weight is 200 g/mol. The predicted molar refractivity (Wildman–Crippen MR) is 58.7 cm³/mol. The zero-order chi connectivity index (χ0) is 11.3. The first-order valence-electron chi connectivity index (χ1n) is 4.69. The van der Waals surface area contributed by atoms with Gasteiger partial charge in [0.15, 0.2) is 5.78 Å². The van der Waals surface area contributed by atoms with Crippen LogP contribution in [0.4, 0.5) is 0 Å². The minimum absolute atomic E-state index is 0.0468. The first-order chi connectivity index (χ1) is 7.15. The number of hydrogen-bond donors (Lipinski definition) is 0.